The molecule has 39 heavy (non-hydrogen) atoms. The molecule has 0 saturated heterocycles. The first kappa shape index (κ1) is 25.0. The number of carbonyl (C=O) groups is 2. The minimum atomic E-state index is -0.850. The van der Waals surface area contributed by atoms with Crippen LogP contribution in [0.4, 0.5) is 4.39 Å². The van der Waals surface area contributed by atoms with E-state index in [1.165, 1.54) is 17.1 Å². The number of rotatable bonds is 6. The van der Waals surface area contributed by atoms with Crippen molar-refractivity contribution in [3.05, 3.63) is 120 Å². The normalized spacial score (nSPS) is 18.2. The fourth-order valence-electron chi connectivity index (χ4n) is 5.91. The van der Waals surface area contributed by atoms with Gasteiger partial charge in [0.05, 0.1) is 17.2 Å². The second-order valence-electron chi connectivity index (χ2n) is 10.3. The Morgan fingerprint density at radius 1 is 0.872 bits per heavy atom. The van der Waals surface area contributed by atoms with Crippen molar-refractivity contribution in [3.63, 3.8) is 0 Å². The van der Waals surface area contributed by atoms with E-state index in [9.17, 15) is 14.0 Å². The largest absolute Gasteiger partial charge is 0.455 e. The third-order valence-electron chi connectivity index (χ3n) is 8.00. The molecule has 6 heteroatoms. The number of carbonyl (C=O) groups excluding carboxylic acids is 2. The van der Waals surface area contributed by atoms with Gasteiger partial charge in [-0.1, -0.05) is 91.7 Å². The highest BCUT2D eigenvalue weighted by Crippen LogP contribution is 2.42. The summed E-state index contributed by atoms with van der Waals surface area (Å²) in [6, 6.07) is 29.9. The Morgan fingerprint density at radius 3 is 2.31 bits per heavy atom. The third kappa shape index (κ3) is 4.83. The molecule has 1 amide bonds. The highest BCUT2D eigenvalue weighted by molar-refractivity contribution is 6.05. The van der Waals surface area contributed by atoms with Crippen LogP contribution in [0.15, 0.2) is 102 Å². The van der Waals surface area contributed by atoms with Gasteiger partial charge in [-0.2, -0.15) is 5.10 Å². The Kier molecular flexibility index (Phi) is 6.69. The fourth-order valence-corrected chi connectivity index (χ4v) is 5.91. The zero-order valence-electron chi connectivity index (χ0n) is 21.6. The fraction of sp³-hybridized carbons (Fsp3) is 0.242. The van der Waals surface area contributed by atoms with Gasteiger partial charge in [0, 0.05) is 6.42 Å². The second-order valence-corrected chi connectivity index (χ2v) is 10.3. The van der Waals surface area contributed by atoms with Crippen LogP contribution >= 0.6 is 0 Å². The summed E-state index contributed by atoms with van der Waals surface area (Å²) in [5.41, 5.74) is 2.63. The lowest BCUT2D eigenvalue weighted by atomic mass is 9.79. The number of nitrogens with zero attached hydrogens (tertiary/aromatic N) is 2. The zero-order chi connectivity index (χ0) is 26.8. The number of hydrazone groups is 1. The topological polar surface area (TPSA) is 59.0 Å². The van der Waals surface area contributed by atoms with Gasteiger partial charge < -0.3 is 4.74 Å². The lowest BCUT2D eigenvalue weighted by Crippen LogP contribution is -2.38. The Bertz CT molecular complexity index is 1540. The molecular formula is C33H29FN2O3. The van der Waals surface area contributed by atoms with Crippen LogP contribution in [0.1, 0.15) is 54.8 Å². The highest BCUT2D eigenvalue weighted by Gasteiger charge is 2.45. The molecule has 1 saturated carbocycles. The molecule has 0 spiro atoms. The molecule has 6 rings (SSSR count). The van der Waals surface area contributed by atoms with E-state index >= 15 is 0 Å². The number of hydrogen-bond acceptors (Lipinski definition) is 4. The van der Waals surface area contributed by atoms with Crippen LogP contribution in [0.25, 0.3) is 10.8 Å². The lowest BCUT2D eigenvalue weighted by molar-refractivity contribution is -0.157. The summed E-state index contributed by atoms with van der Waals surface area (Å²) in [6.45, 7) is -0.403. The maximum absolute atomic E-state index is 13.6. The summed E-state index contributed by atoms with van der Waals surface area (Å²) in [5, 5.41) is 8.46. The molecule has 1 aliphatic carbocycles. The number of hydrogen-bond donors (Lipinski definition) is 0. The molecule has 2 aliphatic rings. The van der Waals surface area contributed by atoms with Gasteiger partial charge >= 0.3 is 5.97 Å². The molecule has 4 aromatic rings. The van der Waals surface area contributed by atoms with Gasteiger partial charge in [-0.3, -0.25) is 9.59 Å². The van der Waals surface area contributed by atoms with Gasteiger partial charge in [-0.25, -0.2) is 9.40 Å². The highest BCUT2D eigenvalue weighted by atomic mass is 19.1. The standard InChI is InChI=1S/C33H29FN2O3/c34-28-16-14-27(15-17-28)33(18-6-7-19-33)32(38)39-22-31(37)36-30(24-9-2-1-3-10-24)21-29(35-36)26-13-12-23-8-4-5-11-25(23)20-26/h1-5,8-17,20,30H,6-7,18-19,21-22H2. The first-order valence-corrected chi connectivity index (χ1v) is 13.4. The van der Waals surface area contributed by atoms with Crippen molar-refractivity contribution >= 4 is 28.4 Å². The molecule has 1 heterocycles. The van der Waals surface area contributed by atoms with E-state index in [1.54, 1.807) is 12.1 Å². The number of esters is 1. The SMILES string of the molecule is O=C(COC(=O)C1(c2ccc(F)cc2)CCCC1)N1N=C(c2ccc3ccccc3c2)CC1c1ccccc1. The summed E-state index contributed by atoms with van der Waals surface area (Å²) in [6.07, 6.45) is 3.55. The second kappa shape index (κ2) is 10.4. The molecule has 0 radical (unpaired) electrons. The predicted octanol–water partition coefficient (Wildman–Crippen LogP) is 6.71. The molecule has 1 aliphatic heterocycles. The van der Waals surface area contributed by atoms with Crippen molar-refractivity contribution in [1.29, 1.82) is 0 Å². The van der Waals surface area contributed by atoms with E-state index in [0.29, 0.717) is 19.3 Å². The third-order valence-corrected chi connectivity index (χ3v) is 8.00. The van der Waals surface area contributed by atoms with Crippen LogP contribution in [0.3, 0.4) is 0 Å². The van der Waals surface area contributed by atoms with E-state index in [4.69, 9.17) is 9.84 Å². The molecule has 0 bridgehead atoms. The molecule has 0 aromatic heterocycles. The quantitative estimate of drug-likeness (QED) is 0.266. The van der Waals surface area contributed by atoms with Crippen LogP contribution in [0.5, 0.6) is 0 Å². The van der Waals surface area contributed by atoms with E-state index in [1.807, 2.05) is 48.5 Å². The Labute approximate surface area is 226 Å². The zero-order valence-corrected chi connectivity index (χ0v) is 21.6. The monoisotopic (exact) mass is 520 g/mol. The average molecular weight is 521 g/mol. The maximum Gasteiger partial charge on any atom is 0.317 e. The van der Waals surface area contributed by atoms with Gasteiger partial charge in [-0.15, -0.1) is 0 Å². The Hall–Kier alpha value is -4.32. The van der Waals surface area contributed by atoms with E-state index in [-0.39, 0.29) is 17.8 Å². The minimum Gasteiger partial charge on any atom is -0.455 e. The summed E-state index contributed by atoms with van der Waals surface area (Å²) in [5.74, 6) is -1.16. The van der Waals surface area contributed by atoms with E-state index < -0.39 is 18.0 Å². The molecule has 5 nitrogen and oxygen atoms in total. The van der Waals surface area contributed by atoms with Crippen molar-refractivity contribution in [1.82, 2.24) is 5.01 Å². The van der Waals surface area contributed by atoms with Crippen LogP contribution < -0.4 is 0 Å². The van der Waals surface area contributed by atoms with Gasteiger partial charge in [0.2, 0.25) is 0 Å². The molecular weight excluding hydrogens is 491 g/mol. The Morgan fingerprint density at radius 2 is 1.56 bits per heavy atom. The van der Waals surface area contributed by atoms with E-state index in [2.05, 4.69) is 24.3 Å². The van der Waals surface area contributed by atoms with Gasteiger partial charge in [0.15, 0.2) is 6.61 Å². The van der Waals surface area contributed by atoms with Crippen molar-refractivity contribution in [2.45, 2.75) is 43.6 Å². The smallest absolute Gasteiger partial charge is 0.317 e. The molecule has 196 valence electrons. The maximum atomic E-state index is 13.6. The van der Waals surface area contributed by atoms with Crippen LogP contribution in [-0.4, -0.2) is 29.2 Å². The summed E-state index contributed by atoms with van der Waals surface area (Å²) < 4.78 is 19.2. The van der Waals surface area contributed by atoms with Crippen molar-refractivity contribution in [2.24, 2.45) is 5.10 Å². The number of ether oxygens (including phenoxy) is 1. The minimum absolute atomic E-state index is 0.295. The Balaban J connectivity index is 1.25. The lowest BCUT2D eigenvalue weighted by Gasteiger charge is -2.28. The van der Waals surface area contributed by atoms with E-state index in [0.717, 1.165) is 46.0 Å². The van der Waals surface area contributed by atoms with Crippen molar-refractivity contribution < 1.29 is 18.7 Å². The van der Waals surface area contributed by atoms with Crippen LogP contribution in [-0.2, 0) is 19.7 Å². The molecule has 0 N–H and O–H groups in total. The molecule has 1 unspecified atom stereocenters. The molecule has 1 atom stereocenters. The number of benzene rings is 4. The van der Waals surface area contributed by atoms with Crippen LogP contribution in [0, 0.1) is 5.82 Å². The summed E-state index contributed by atoms with van der Waals surface area (Å²) in [7, 11) is 0. The predicted molar refractivity (Wildman–Crippen MR) is 149 cm³/mol. The first-order chi connectivity index (χ1) is 19.0. The number of amides is 1. The van der Waals surface area contributed by atoms with Gasteiger partial charge in [0.25, 0.3) is 5.91 Å². The van der Waals surface area contributed by atoms with Crippen molar-refractivity contribution in [3.8, 4) is 0 Å². The van der Waals surface area contributed by atoms with Gasteiger partial charge in [-0.05, 0) is 58.5 Å². The summed E-state index contributed by atoms with van der Waals surface area (Å²) >= 11 is 0. The van der Waals surface area contributed by atoms with Crippen molar-refractivity contribution in [2.75, 3.05) is 6.61 Å². The van der Waals surface area contributed by atoms with Crippen LogP contribution in [0.2, 0.25) is 0 Å². The molecule has 4 aromatic carbocycles. The molecule has 1 fully saturated rings. The average Bonchev–Trinajstić information content (AvgIpc) is 3.66. The summed E-state index contributed by atoms with van der Waals surface area (Å²) in [4.78, 5) is 26.9. The number of fused-ring (bicyclic) bond motifs is 1. The number of halogens is 1. The first-order valence-electron chi connectivity index (χ1n) is 13.4. The van der Waals surface area contributed by atoms with Gasteiger partial charge in [0.1, 0.15) is 5.82 Å².